The van der Waals surface area contributed by atoms with E-state index >= 15 is 0 Å². The highest BCUT2D eigenvalue weighted by Crippen LogP contribution is 2.49. The Morgan fingerprint density at radius 1 is 1.29 bits per heavy atom. The van der Waals surface area contributed by atoms with Crippen LogP contribution in [0.25, 0.3) is 0 Å². The molecule has 1 aromatic heterocycles. The van der Waals surface area contributed by atoms with Crippen LogP contribution in [0.1, 0.15) is 21.6 Å². The predicted octanol–water partition coefficient (Wildman–Crippen LogP) is 2.63. The van der Waals surface area contributed by atoms with Crippen LogP contribution in [0.3, 0.4) is 0 Å². The first-order chi connectivity index (χ1) is 13.3. The number of carbonyl (C=O) groups excluding carboxylic acids is 1. The molecule has 2 atom stereocenters. The summed E-state index contributed by atoms with van der Waals surface area (Å²) >= 11 is 0. The van der Waals surface area contributed by atoms with E-state index in [0.717, 1.165) is 13.1 Å². The molecule has 2 aliphatic rings. The molecule has 28 heavy (non-hydrogen) atoms. The first kappa shape index (κ1) is 19.0. The minimum Gasteiger partial charge on any atom is -0.340 e. The molecule has 1 saturated carbocycles. The molecule has 150 valence electrons. The van der Waals surface area contributed by atoms with Crippen molar-refractivity contribution >= 4 is 5.91 Å². The minimum absolute atomic E-state index is 0.181. The van der Waals surface area contributed by atoms with Gasteiger partial charge in [0.05, 0.1) is 12.7 Å². The number of aromatic nitrogens is 2. The number of alkyl halides is 3. The number of nitrogens with one attached hydrogen (secondary N) is 1. The summed E-state index contributed by atoms with van der Waals surface area (Å²) < 4.78 is 39.9. The average molecular weight is 392 g/mol. The summed E-state index contributed by atoms with van der Waals surface area (Å²) in [6, 6.07) is 6.41. The number of imidazole rings is 1. The third-order valence-electron chi connectivity index (χ3n) is 5.68. The van der Waals surface area contributed by atoms with E-state index in [2.05, 4.69) is 10.3 Å². The van der Waals surface area contributed by atoms with Crippen molar-refractivity contribution in [3.63, 3.8) is 0 Å². The number of amides is 1. The highest BCUT2D eigenvalue weighted by atomic mass is 19.4. The highest BCUT2D eigenvalue weighted by Gasteiger charge is 2.53. The second-order valence-electron chi connectivity index (χ2n) is 7.87. The number of nitrogens with zero attached hydrogens (tertiary/aromatic N) is 3. The largest absolute Gasteiger partial charge is 0.393 e. The Morgan fingerprint density at radius 3 is 2.64 bits per heavy atom. The van der Waals surface area contributed by atoms with Crippen molar-refractivity contribution in [2.24, 2.45) is 24.8 Å². The van der Waals surface area contributed by atoms with Crippen LogP contribution in [-0.2, 0) is 20.0 Å². The Labute approximate surface area is 161 Å². The van der Waals surface area contributed by atoms with Crippen LogP contribution in [-0.4, -0.2) is 46.2 Å². The molecule has 2 heterocycles. The molecule has 1 N–H and O–H groups in total. The summed E-state index contributed by atoms with van der Waals surface area (Å²) in [6.45, 7) is 2.84. The number of carbonyl (C=O) groups is 1. The predicted molar refractivity (Wildman–Crippen MR) is 97.5 cm³/mol. The quantitative estimate of drug-likeness (QED) is 0.822. The van der Waals surface area contributed by atoms with Crippen LogP contribution in [0.2, 0.25) is 0 Å². The van der Waals surface area contributed by atoms with E-state index in [1.165, 1.54) is 6.07 Å². The van der Waals surface area contributed by atoms with E-state index in [9.17, 15) is 18.0 Å². The maximum Gasteiger partial charge on any atom is 0.393 e. The van der Waals surface area contributed by atoms with Gasteiger partial charge in [-0.2, -0.15) is 13.2 Å². The Hall–Kier alpha value is -2.35. The highest BCUT2D eigenvalue weighted by molar-refractivity contribution is 5.92. The van der Waals surface area contributed by atoms with Gasteiger partial charge in [-0.1, -0.05) is 24.3 Å². The molecule has 1 amide bonds. The molecule has 4 rings (SSSR count). The van der Waals surface area contributed by atoms with Gasteiger partial charge in [0.25, 0.3) is 5.91 Å². The number of rotatable bonds is 6. The van der Waals surface area contributed by atoms with E-state index < -0.39 is 12.6 Å². The number of fused-ring (bicyclic) bond motifs is 1. The van der Waals surface area contributed by atoms with Gasteiger partial charge in [0.15, 0.2) is 0 Å². The first-order valence-electron chi connectivity index (χ1n) is 9.43. The normalized spacial score (nSPS) is 23.5. The van der Waals surface area contributed by atoms with Crippen molar-refractivity contribution < 1.29 is 18.0 Å². The maximum atomic E-state index is 13.0. The molecule has 2 fully saturated rings. The monoisotopic (exact) mass is 392 g/mol. The first-order valence-corrected chi connectivity index (χ1v) is 9.43. The van der Waals surface area contributed by atoms with Crippen LogP contribution >= 0.6 is 0 Å². The van der Waals surface area contributed by atoms with Gasteiger partial charge in [-0.25, -0.2) is 4.98 Å². The van der Waals surface area contributed by atoms with Crippen LogP contribution in [0, 0.1) is 17.8 Å². The fraction of sp³-hybridized carbons (Fsp3) is 0.500. The molecule has 5 nitrogen and oxygen atoms in total. The van der Waals surface area contributed by atoms with Crippen molar-refractivity contribution in [2.75, 3.05) is 19.6 Å². The molecule has 8 heteroatoms. The van der Waals surface area contributed by atoms with Gasteiger partial charge >= 0.3 is 6.18 Å². The smallest absolute Gasteiger partial charge is 0.340 e. The summed E-state index contributed by atoms with van der Waals surface area (Å²) in [7, 11) is 1.80. The third kappa shape index (κ3) is 4.22. The zero-order valence-electron chi connectivity index (χ0n) is 15.6. The topological polar surface area (TPSA) is 50.2 Å². The lowest BCUT2D eigenvalue weighted by Crippen LogP contribution is -2.34. The van der Waals surface area contributed by atoms with Crippen LogP contribution in [0.5, 0.6) is 0 Å². The summed E-state index contributed by atoms with van der Waals surface area (Å²) in [6.07, 6.45) is -1.97. The van der Waals surface area contributed by atoms with Crippen molar-refractivity contribution in [1.82, 2.24) is 19.8 Å². The zero-order valence-corrected chi connectivity index (χ0v) is 15.6. The Bertz CT molecular complexity index is 853. The lowest BCUT2D eigenvalue weighted by Gasteiger charge is -2.23. The molecule has 0 spiro atoms. The van der Waals surface area contributed by atoms with Gasteiger partial charge in [-0.15, -0.1) is 0 Å². The maximum absolute atomic E-state index is 13.0. The lowest BCUT2D eigenvalue weighted by molar-refractivity contribution is -0.127. The number of hydrogen-bond acceptors (Lipinski definition) is 3. The number of aryl methyl sites for hydroxylation is 1. The Morgan fingerprint density at radius 2 is 2.00 bits per heavy atom. The van der Waals surface area contributed by atoms with Crippen LogP contribution in [0.4, 0.5) is 13.2 Å². The van der Waals surface area contributed by atoms with E-state index in [1.807, 2.05) is 0 Å². The van der Waals surface area contributed by atoms with Gasteiger partial charge in [-0.05, 0) is 42.0 Å². The fourth-order valence-electron chi connectivity index (χ4n) is 4.27. The molecule has 0 bridgehead atoms. The summed E-state index contributed by atoms with van der Waals surface area (Å²) in [5, 5.41) is 3.34. The van der Waals surface area contributed by atoms with Crippen LogP contribution < -0.4 is 5.32 Å². The molecule has 1 aliphatic carbocycles. The van der Waals surface area contributed by atoms with Crippen LogP contribution in [0.15, 0.2) is 36.8 Å². The summed E-state index contributed by atoms with van der Waals surface area (Å²) in [4.78, 5) is 18.9. The average Bonchev–Trinajstić information content (AvgIpc) is 2.99. The number of hydrogen-bond donors (Lipinski definition) is 1. The molecular weight excluding hydrogens is 369 g/mol. The Balaban J connectivity index is 1.52. The lowest BCUT2D eigenvalue weighted by atomic mass is 10.1. The van der Waals surface area contributed by atoms with Crippen molar-refractivity contribution in [1.29, 1.82) is 0 Å². The molecule has 2 unspecified atom stereocenters. The summed E-state index contributed by atoms with van der Waals surface area (Å²) in [5.41, 5.74) is 1.27. The van der Waals surface area contributed by atoms with Crippen molar-refractivity contribution in [3.8, 4) is 0 Å². The second-order valence-corrected chi connectivity index (χ2v) is 7.87. The molecule has 1 aromatic carbocycles. The minimum atomic E-state index is -4.25. The summed E-state index contributed by atoms with van der Waals surface area (Å²) in [5.74, 6) is 1.46. The number of benzene rings is 1. The molecule has 2 aromatic rings. The van der Waals surface area contributed by atoms with Gasteiger partial charge in [-0.3, -0.25) is 4.79 Å². The SMILES string of the molecule is Cn1cnc(C(=O)N(Cc2cccc(CC(F)(F)F)c2)CC2C3CNCC32)c1. The van der Waals surface area contributed by atoms with Gasteiger partial charge < -0.3 is 14.8 Å². The van der Waals surface area contributed by atoms with Crippen molar-refractivity contribution in [2.45, 2.75) is 19.1 Å². The standard InChI is InChI=1S/C20H23F3N4O/c1-26-11-18(25-12-26)19(28)27(10-17-15-7-24-8-16(15)17)9-14-4-2-3-13(5-14)6-20(21,22)23/h2-5,11-12,15-17,24H,6-10H2,1H3. The van der Waals surface area contributed by atoms with E-state index in [1.54, 1.807) is 47.2 Å². The zero-order chi connectivity index (χ0) is 19.9. The molecular formula is C20H23F3N4O. The molecule has 0 radical (unpaired) electrons. The third-order valence-corrected chi connectivity index (χ3v) is 5.68. The number of piperidine rings is 1. The Kier molecular flexibility index (Phi) is 4.91. The van der Waals surface area contributed by atoms with E-state index in [4.69, 9.17) is 0 Å². The van der Waals surface area contributed by atoms with Gasteiger partial charge in [0, 0.05) is 26.3 Å². The van der Waals surface area contributed by atoms with Crippen molar-refractivity contribution in [3.05, 3.63) is 53.6 Å². The van der Waals surface area contributed by atoms with E-state index in [0.29, 0.717) is 35.6 Å². The van der Waals surface area contributed by atoms with Gasteiger partial charge in [0.2, 0.25) is 0 Å². The van der Waals surface area contributed by atoms with Gasteiger partial charge in [0.1, 0.15) is 5.69 Å². The van der Waals surface area contributed by atoms with E-state index in [-0.39, 0.29) is 18.0 Å². The fourth-order valence-corrected chi connectivity index (χ4v) is 4.27. The number of halogens is 3. The molecule has 1 aliphatic heterocycles. The molecule has 1 saturated heterocycles. The second kappa shape index (κ2) is 7.24.